The number of thioether (sulfide) groups is 1. The minimum atomic E-state index is -0.293. The SMILES string of the molecule is CCOC(=O)Cc1csc(SCC(=O)NCC2CN(Cc3ccc(C)c(Cl)c3)CCO2)n1. The van der Waals surface area contributed by atoms with E-state index in [1.165, 1.54) is 28.7 Å². The molecule has 0 spiro atoms. The Morgan fingerprint density at radius 1 is 1.44 bits per heavy atom. The third-order valence-electron chi connectivity index (χ3n) is 4.88. The number of rotatable bonds is 10. The van der Waals surface area contributed by atoms with Crippen molar-refractivity contribution < 1.29 is 19.1 Å². The molecule has 1 aliphatic rings. The second kappa shape index (κ2) is 12.6. The molecule has 0 bridgehead atoms. The number of nitrogens with zero attached hydrogens (tertiary/aromatic N) is 2. The molecule has 1 unspecified atom stereocenters. The van der Waals surface area contributed by atoms with Crippen molar-refractivity contribution in [2.45, 2.75) is 37.3 Å². The van der Waals surface area contributed by atoms with Crippen LogP contribution in [0.2, 0.25) is 5.02 Å². The van der Waals surface area contributed by atoms with Crippen LogP contribution in [0.15, 0.2) is 27.9 Å². The number of thiazole rings is 1. The second-order valence-corrected chi connectivity index (χ2v) is 9.98. The van der Waals surface area contributed by atoms with Gasteiger partial charge in [-0.05, 0) is 31.0 Å². The van der Waals surface area contributed by atoms with E-state index in [4.69, 9.17) is 21.1 Å². The monoisotopic (exact) mass is 497 g/mol. The van der Waals surface area contributed by atoms with E-state index in [0.717, 1.165) is 34.6 Å². The summed E-state index contributed by atoms with van der Waals surface area (Å²) in [5.41, 5.74) is 2.92. The summed E-state index contributed by atoms with van der Waals surface area (Å²) >= 11 is 9.02. The fourth-order valence-corrected chi connectivity index (χ4v) is 5.12. The maximum absolute atomic E-state index is 12.3. The first kappa shape index (κ1) is 25.0. The lowest BCUT2D eigenvalue weighted by Gasteiger charge is -2.33. The lowest BCUT2D eigenvalue weighted by atomic mass is 10.1. The maximum Gasteiger partial charge on any atom is 0.311 e. The zero-order valence-corrected chi connectivity index (χ0v) is 20.7. The van der Waals surface area contributed by atoms with Gasteiger partial charge in [0.2, 0.25) is 5.91 Å². The van der Waals surface area contributed by atoms with Gasteiger partial charge in [-0.2, -0.15) is 0 Å². The van der Waals surface area contributed by atoms with Crippen LogP contribution in [0, 0.1) is 6.92 Å². The molecule has 3 rings (SSSR count). The molecule has 1 aromatic heterocycles. The van der Waals surface area contributed by atoms with Gasteiger partial charge in [-0.1, -0.05) is 35.5 Å². The fourth-order valence-electron chi connectivity index (χ4n) is 3.24. The third kappa shape index (κ3) is 8.04. The average molecular weight is 498 g/mol. The molecule has 10 heteroatoms. The topological polar surface area (TPSA) is 80.8 Å². The van der Waals surface area contributed by atoms with Gasteiger partial charge in [0, 0.05) is 36.6 Å². The Morgan fingerprint density at radius 2 is 2.28 bits per heavy atom. The summed E-state index contributed by atoms with van der Waals surface area (Å²) in [5.74, 6) is -0.0905. The predicted octanol–water partition coefficient (Wildman–Crippen LogP) is 3.32. The van der Waals surface area contributed by atoms with E-state index in [2.05, 4.69) is 21.3 Å². The first-order valence-electron chi connectivity index (χ1n) is 10.5. The highest BCUT2D eigenvalue weighted by Crippen LogP contribution is 2.23. The minimum Gasteiger partial charge on any atom is -0.466 e. The summed E-state index contributed by atoms with van der Waals surface area (Å²) in [5, 5.41) is 5.55. The largest absolute Gasteiger partial charge is 0.466 e. The molecule has 1 aliphatic heterocycles. The highest BCUT2D eigenvalue weighted by atomic mass is 35.5. The molecule has 0 saturated carbocycles. The Labute approximate surface area is 201 Å². The summed E-state index contributed by atoms with van der Waals surface area (Å²) < 4.78 is 11.5. The summed E-state index contributed by atoms with van der Waals surface area (Å²) in [6.07, 6.45) is 0.108. The number of aromatic nitrogens is 1. The number of hydrogen-bond acceptors (Lipinski definition) is 8. The number of amides is 1. The number of carbonyl (C=O) groups is 2. The molecular formula is C22H28ClN3O4S2. The van der Waals surface area contributed by atoms with Crippen LogP contribution in [0.1, 0.15) is 23.7 Å². The van der Waals surface area contributed by atoms with E-state index < -0.39 is 0 Å². The van der Waals surface area contributed by atoms with Crippen molar-refractivity contribution in [3.8, 4) is 0 Å². The fraction of sp³-hybridized carbons (Fsp3) is 0.500. The molecule has 32 heavy (non-hydrogen) atoms. The zero-order chi connectivity index (χ0) is 22.9. The van der Waals surface area contributed by atoms with E-state index in [1.807, 2.05) is 24.4 Å². The van der Waals surface area contributed by atoms with Crippen molar-refractivity contribution in [2.75, 3.05) is 38.6 Å². The molecule has 7 nitrogen and oxygen atoms in total. The van der Waals surface area contributed by atoms with Gasteiger partial charge in [-0.3, -0.25) is 14.5 Å². The van der Waals surface area contributed by atoms with E-state index in [0.29, 0.717) is 25.5 Å². The Bertz CT molecular complexity index is 924. The Kier molecular flexibility index (Phi) is 9.80. The lowest BCUT2D eigenvalue weighted by Crippen LogP contribution is -2.47. The number of halogens is 1. The number of ether oxygens (including phenoxy) is 2. The normalized spacial score (nSPS) is 16.7. The highest BCUT2D eigenvalue weighted by molar-refractivity contribution is 8.01. The van der Waals surface area contributed by atoms with Gasteiger partial charge in [0.1, 0.15) is 0 Å². The molecule has 1 fully saturated rings. The molecule has 2 aromatic rings. The minimum absolute atomic E-state index is 0.0466. The van der Waals surface area contributed by atoms with E-state index in [9.17, 15) is 9.59 Å². The number of hydrogen-bond donors (Lipinski definition) is 1. The summed E-state index contributed by atoms with van der Waals surface area (Å²) in [7, 11) is 0. The van der Waals surface area contributed by atoms with Crippen LogP contribution in [-0.2, 0) is 32.0 Å². The van der Waals surface area contributed by atoms with Crippen molar-refractivity contribution in [3.63, 3.8) is 0 Å². The van der Waals surface area contributed by atoms with E-state index in [1.54, 1.807) is 6.92 Å². The first-order valence-corrected chi connectivity index (χ1v) is 12.8. The van der Waals surface area contributed by atoms with Gasteiger partial charge < -0.3 is 14.8 Å². The molecule has 0 aliphatic carbocycles. The predicted molar refractivity (Wildman–Crippen MR) is 127 cm³/mol. The number of nitrogens with one attached hydrogen (secondary N) is 1. The Hall–Kier alpha value is -1.65. The highest BCUT2D eigenvalue weighted by Gasteiger charge is 2.21. The van der Waals surface area contributed by atoms with Crippen LogP contribution in [0.3, 0.4) is 0 Å². The van der Waals surface area contributed by atoms with Crippen LogP contribution in [0.5, 0.6) is 0 Å². The molecular weight excluding hydrogens is 470 g/mol. The number of aryl methyl sites for hydroxylation is 1. The van der Waals surface area contributed by atoms with E-state index >= 15 is 0 Å². The number of esters is 1. The first-order chi connectivity index (χ1) is 15.4. The molecule has 174 valence electrons. The Balaban J connectivity index is 1.37. The summed E-state index contributed by atoms with van der Waals surface area (Å²) in [4.78, 5) is 30.5. The average Bonchev–Trinajstić information content (AvgIpc) is 3.21. The zero-order valence-electron chi connectivity index (χ0n) is 18.3. The number of carbonyl (C=O) groups excluding carboxylic acids is 2. The van der Waals surface area contributed by atoms with Crippen LogP contribution >= 0.6 is 34.7 Å². The van der Waals surface area contributed by atoms with Crippen LogP contribution in [0.4, 0.5) is 0 Å². The van der Waals surface area contributed by atoms with Gasteiger partial charge in [0.15, 0.2) is 4.34 Å². The van der Waals surface area contributed by atoms with Crippen molar-refractivity contribution in [3.05, 3.63) is 45.4 Å². The molecule has 1 atom stereocenters. The van der Waals surface area contributed by atoms with Crippen LogP contribution < -0.4 is 5.32 Å². The molecule has 1 amide bonds. The number of benzene rings is 1. The molecule has 0 radical (unpaired) electrons. The smallest absolute Gasteiger partial charge is 0.311 e. The Morgan fingerprint density at radius 3 is 3.06 bits per heavy atom. The van der Waals surface area contributed by atoms with Crippen molar-refractivity contribution in [2.24, 2.45) is 0 Å². The van der Waals surface area contributed by atoms with E-state index in [-0.39, 0.29) is 30.2 Å². The quantitative estimate of drug-likeness (QED) is 0.398. The van der Waals surface area contributed by atoms with Gasteiger partial charge in [-0.25, -0.2) is 4.98 Å². The second-order valence-electron chi connectivity index (χ2n) is 7.49. The van der Waals surface area contributed by atoms with Crippen molar-refractivity contribution >= 4 is 46.6 Å². The van der Waals surface area contributed by atoms with Gasteiger partial charge in [0.25, 0.3) is 0 Å². The van der Waals surface area contributed by atoms with Crippen LogP contribution in [0.25, 0.3) is 0 Å². The van der Waals surface area contributed by atoms with Crippen LogP contribution in [-0.4, -0.2) is 66.5 Å². The number of morpholine rings is 1. The summed E-state index contributed by atoms with van der Waals surface area (Å²) in [6.45, 7) is 7.64. The van der Waals surface area contributed by atoms with Gasteiger partial charge >= 0.3 is 5.97 Å². The van der Waals surface area contributed by atoms with Gasteiger partial charge in [0.05, 0.1) is 37.2 Å². The third-order valence-corrected chi connectivity index (χ3v) is 7.36. The lowest BCUT2D eigenvalue weighted by molar-refractivity contribution is -0.142. The molecule has 1 N–H and O–H groups in total. The molecule has 1 aromatic carbocycles. The van der Waals surface area contributed by atoms with Crippen molar-refractivity contribution in [1.29, 1.82) is 0 Å². The van der Waals surface area contributed by atoms with Crippen molar-refractivity contribution in [1.82, 2.24) is 15.2 Å². The summed E-state index contributed by atoms with van der Waals surface area (Å²) in [6, 6.07) is 6.15. The standard InChI is InChI=1S/C22H28ClN3O4S2/c1-3-29-21(28)9-17-13-31-22(25-17)32-14-20(27)24-10-18-12-26(6-7-30-18)11-16-5-4-15(2)19(23)8-16/h4-5,8,13,18H,3,6-7,9-12,14H2,1-2H3,(H,24,27). The molecule has 1 saturated heterocycles. The van der Waals surface area contributed by atoms with Gasteiger partial charge in [-0.15, -0.1) is 11.3 Å². The molecule has 2 heterocycles. The maximum atomic E-state index is 12.3.